The molecule has 0 radical (unpaired) electrons. The second-order valence-electron chi connectivity index (χ2n) is 9.63. The summed E-state index contributed by atoms with van der Waals surface area (Å²) in [6, 6.07) is 4.42. The lowest BCUT2D eigenvalue weighted by atomic mass is 9.73. The van der Waals surface area contributed by atoms with Gasteiger partial charge < -0.3 is 18.8 Å². The molecule has 1 saturated heterocycles. The molecule has 0 aromatic heterocycles. The molecule has 2 heterocycles. The van der Waals surface area contributed by atoms with Crippen molar-refractivity contribution in [2.24, 2.45) is 0 Å². The van der Waals surface area contributed by atoms with Crippen LogP contribution < -0.4 is 10.2 Å². The van der Waals surface area contributed by atoms with Crippen molar-refractivity contribution in [1.82, 2.24) is 0 Å². The van der Waals surface area contributed by atoms with Crippen LogP contribution in [0.3, 0.4) is 0 Å². The average molecular weight is 358 g/mol. The smallest absolute Gasteiger partial charge is 0.493 e. The largest absolute Gasteiger partial charge is 0.494 e. The third kappa shape index (κ3) is 2.63. The van der Waals surface area contributed by atoms with Crippen molar-refractivity contribution in [1.29, 1.82) is 0 Å². The first-order chi connectivity index (χ1) is 12.0. The maximum absolute atomic E-state index is 6.33. The van der Waals surface area contributed by atoms with Gasteiger partial charge in [-0.15, -0.1) is 0 Å². The van der Waals surface area contributed by atoms with E-state index in [0.717, 1.165) is 29.8 Å². The normalized spacial score (nSPS) is 25.1. The minimum Gasteiger partial charge on any atom is -0.493 e. The number of rotatable bonds is 3. The quantitative estimate of drug-likeness (QED) is 0.773. The summed E-state index contributed by atoms with van der Waals surface area (Å²) in [6.07, 6.45) is 3.58. The van der Waals surface area contributed by atoms with Crippen LogP contribution in [-0.4, -0.2) is 32.0 Å². The summed E-state index contributed by atoms with van der Waals surface area (Å²) >= 11 is 0. The van der Waals surface area contributed by atoms with Crippen LogP contribution in [0.5, 0.6) is 5.75 Å². The van der Waals surface area contributed by atoms with E-state index in [4.69, 9.17) is 18.8 Å². The van der Waals surface area contributed by atoms with Gasteiger partial charge in [-0.05, 0) is 66.3 Å². The summed E-state index contributed by atoms with van der Waals surface area (Å²) in [4.78, 5) is 0. The molecule has 1 aromatic rings. The monoisotopic (exact) mass is 358 g/mol. The fourth-order valence-electron chi connectivity index (χ4n) is 4.03. The van der Waals surface area contributed by atoms with Gasteiger partial charge in [-0.1, -0.05) is 12.1 Å². The van der Waals surface area contributed by atoms with Gasteiger partial charge in [-0.3, -0.25) is 0 Å². The third-order valence-electron chi connectivity index (χ3n) is 7.05. The van der Waals surface area contributed by atoms with E-state index in [9.17, 15) is 0 Å². The fraction of sp³-hybridized carbons (Fsp3) is 0.714. The predicted octanol–water partition coefficient (Wildman–Crippen LogP) is 3.68. The first-order valence-electron chi connectivity index (χ1n) is 9.74. The van der Waals surface area contributed by atoms with Gasteiger partial charge in [0, 0.05) is 23.7 Å². The van der Waals surface area contributed by atoms with Crippen LogP contribution in [0.1, 0.15) is 71.9 Å². The van der Waals surface area contributed by atoms with Crippen molar-refractivity contribution in [3.05, 3.63) is 23.3 Å². The van der Waals surface area contributed by atoms with Crippen LogP contribution in [0.2, 0.25) is 0 Å². The van der Waals surface area contributed by atoms with E-state index >= 15 is 0 Å². The molecule has 2 fully saturated rings. The molecule has 0 unspecified atom stereocenters. The Morgan fingerprint density at radius 3 is 2.15 bits per heavy atom. The first kappa shape index (κ1) is 18.3. The zero-order valence-electron chi connectivity index (χ0n) is 17.2. The lowest BCUT2D eigenvalue weighted by Gasteiger charge is -2.33. The maximum Gasteiger partial charge on any atom is 0.494 e. The van der Waals surface area contributed by atoms with E-state index in [-0.39, 0.29) is 23.7 Å². The van der Waals surface area contributed by atoms with Crippen LogP contribution in [0.15, 0.2) is 12.1 Å². The molecule has 5 heteroatoms. The number of hydrogen-bond donors (Lipinski definition) is 0. The van der Waals surface area contributed by atoms with Crippen molar-refractivity contribution in [3.63, 3.8) is 0 Å². The highest BCUT2D eigenvalue weighted by Crippen LogP contribution is 2.57. The van der Waals surface area contributed by atoms with Gasteiger partial charge in [-0.25, -0.2) is 0 Å². The van der Waals surface area contributed by atoms with Gasteiger partial charge in [-0.2, -0.15) is 0 Å². The van der Waals surface area contributed by atoms with Gasteiger partial charge in [0.2, 0.25) is 0 Å². The SMILES string of the molecule is COC(C)(C)c1cc(B2OC(C)(C)C(C)(C)O2)cc2c1OCCC21CC1. The second-order valence-corrected chi connectivity index (χ2v) is 9.63. The standard InChI is InChI=1S/C21H31BO4/c1-18(2,23-7)15-12-14(22-25-19(3,4)20(5,6)26-22)13-16-17(15)24-11-10-21(16)8-9-21/h12-13H,8-11H2,1-7H3. The molecule has 26 heavy (non-hydrogen) atoms. The topological polar surface area (TPSA) is 36.9 Å². The molecule has 1 aromatic carbocycles. The third-order valence-corrected chi connectivity index (χ3v) is 7.05. The Bertz CT molecular complexity index is 718. The lowest BCUT2D eigenvalue weighted by molar-refractivity contribution is 0.00578. The first-order valence-corrected chi connectivity index (χ1v) is 9.74. The van der Waals surface area contributed by atoms with Crippen LogP contribution >= 0.6 is 0 Å². The maximum atomic E-state index is 6.33. The van der Waals surface area contributed by atoms with E-state index < -0.39 is 5.60 Å². The summed E-state index contributed by atoms with van der Waals surface area (Å²) in [5, 5.41) is 0. The number of hydrogen-bond acceptors (Lipinski definition) is 4. The van der Waals surface area contributed by atoms with E-state index in [2.05, 4.69) is 53.7 Å². The summed E-state index contributed by atoms with van der Waals surface area (Å²) in [6.45, 7) is 13.3. The number of benzene rings is 1. The molecule has 1 aliphatic carbocycles. The molecular formula is C21H31BO4. The molecule has 4 rings (SSSR count). The molecule has 0 N–H and O–H groups in total. The highest BCUT2D eigenvalue weighted by Gasteiger charge is 2.54. The molecular weight excluding hydrogens is 327 g/mol. The van der Waals surface area contributed by atoms with Gasteiger partial charge in [0.05, 0.1) is 23.4 Å². The summed E-state index contributed by atoms with van der Waals surface area (Å²) < 4.78 is 24.6. The Labute approximate surface area is 157 Å². The molecule has 3 aliphatic rings. The lowest BCUT2D eigenvalue weighted by Crippen LogP contribution is -2.41. The minimum atomic E-state index is -0.433. The highest BCUT2D eigenvalue weighted by molar-refractivity contribution is 6.62. The Morgan fingerprint density at radius 2 is 1.62 bits per heavy atom. The fourth-order valence-corrected chi connectivity index (χ4v) is 4.03. The van der Waals surface area contributed by atoms with Gasteiger partial charge in [0.25, 0.3) is 0 Å². The Hall–Kier alpha value is -1.04. The van der Waals surface area contributed by atoms with E-state index in [1.54, 1.807) is 7.11 Å². The van der Waals surface area contributed by atoms with Crippen LogP contribution in [0.25, 0.3) is 0 Å². The molecule has 0 bridgehead atoms. The van der Waals surface area contributed by atoms with E-state index in [0.29, 0.717) is 0 Å². The van der Waals surface area contributed by atoms with Crippen molar-refractivity contribution in [3.8, 4) is 5.75 Å². The number of methoxy groups -OCH3 is 1. The Morgan fingerprint density at radius 1 is 1.00 bits per heavy atom. The Kier molecular flexibility index (Phi) is 3.87. The second kappa shape index (κ2) is 5.49. The summed E-state index contributed by atoms with van der Waals surface area (Å²) in [5.41, 5.74) is 2.63. The molecule has 142 valence electrons. The summed E-state index contributed by atoms with van der Waals surface area (Å²) in [5.74, 6) is 1.01. The van der Waals surface area contributed by atoms with Crippen molar-refractivity contribution in [2.75, 3.05) is 13.7 Å². The number of fused-ring (bicyclic) bond motifs is 2. The number of ether oxygens (including phenoxy) is 2. The molecule has 0 atom stereocenters. The molecule has 4 nitrogen and oxygen atoms in total. The molecule has 1 spiro atoms. The van der Waals surface area contributed by atoms with Crippen LogP contribution in [-0.2, 0) is 25.1 Å². The van der Waals surface area contributed by atoms with E-state index in [1.165, 1.54) is 18.4 Å². The molecule has 2 aliphatic heterocycles. The van der Waals surface area contributed by atoms with Crippen molar-refractivity contribution in [2.45, 2.75) is 83.0 Å². The van der Waals surface area contributed by atoms with Crippen LogP contribution in [0, 0.1) is 0 Å². The minimum absolute atomic E-state index is 0.284. The van der Waals surface area contributed by atoms with Gasteiger partial charge in [0.15, 0.2) is 0 Å². The average Bonchev–Trinajstić information content (AvgIpc) is 3.28. The van der Waals surface area contributed by atoms with E-state index in [1.807, 2.05) is 0 Å². The Balaban J connectivity index is 1.84. The van der Waals surface area contributed by atoms with Crippen molar-refractivity contribution < 1.29 is 18.8 Å². The highest BCUT2D eigenvalue weighted by atomic mass is 16.7. The molecule has 1 saturated carbocycles. The van der Waals surface area contributed by atoms with Gasteiger partial charge >= 0.3 is 7.12 Å². The summed E-state index contributed by atoms with van der Waals surface area (Å²) in [7, 11) is 1.39. The zero-order chi connectivity index (χ0) is 19.0. The van der Waals surface area contributed by atoms with Gasteiger partial charge in [0.1, 0.15) is 5.75 Å². The molecule has 0 amide bonds. The van der Waals surface area contributed by atoms with Crippen molar-refractivity contribution >= 4 is 12.6 Å². The van der Waals surface area contributed by atoms with Crippen LogP contribution in [0.4, 0.5) is 0 Å². The zero-order valence-corrected chi connectivity index (χ0v) is 17.2. The predicted molar refractivity (Wildman–Crippen MR) is 103 cm³/mol.